The molecule has 0 aliphatic rings. The Labute approximate surface area is 181 Å². The number of carbonyl (C=O) groups is 1. The van der Waals surface area contributed by atoms with E-state index in [9.17, 15) is 4.79 Å². The van der Waals surface area contributed by atoms with E-state index in [1.54, 1.807) is 18.0 Å². The van der Waals surface area contributed by atoms with E-state index in [0.29, 0.717) is 10.8 Å². The third-order valence-corrected chi connectivity index (χ3v) is 5.90. The number of amides is 1. The van der Waals surface area contributed by atoms with Crippen molar-refractivity contribution >= 4 is 35.5 Å². The van der Waals surface area contributed by atoms with E-state index in [4.69, 9.17) is 11.6 Å². The molecular weight excluding hydrogens is 402 g/mol. The van der Waals surface area contributed by atoms with Gasteiger partial charge >= 0.3 is 0 Å². The number of benzene rings is 2. The fourth-order valence-corrected chi connectivity index (χ4v) is 4.07. The van der Waals surface area contributed by atoms with Gasteiger partial charge in [0.15, 0.2) is 0 Å². The number of thioether (sulfide) groups is 1. The van der Waals surface area contributed by atoms with E-state index in [2.05, 4.69) is 46.3 Å². The highest BCUT2D eigenvalue weighted by molar-refractivity contribution is 7.99. The predicted molar refractivity (Wildman–Crippen MR) is 123 cm³/mol. The van der Waals surface area contributed by atoms with Gasteiger partial charge in [0.1, 0.15) is 0 Å². The Morgan fingerprint density at radius 2 is 1.86 bits per heavy atom. The van der Waals surface area contributed by atoms with Gasteiger partial charge in [-0.05, 0) is 44.5 Å². The zero-order valence-electron chi connectivity index (χ0n) is 16.8. The molecule has 0 saturated heterocycles. The number of nitrogens with one attached hydrogen (secondary N) is 1. The third-order valence-electron chi connectivity index (χ3n) is 4.58. The molecule has 3 rings (SSSR count). The molecule has 1 amide bonds. The lowest BCUT2D eigenvalue weighted by atomic mass is 10.2. The minimum Gasteiger partial charge on any atom is -0.316 e. The second-order valence-corrected chi connectivity index (χ2v) is 8.28. The van der Waals surface area contributed by atoms with Crippen LogP contribution in [0, 0.1) is 20.8 Å². The minimum atomic E-state index is -0.113. The van der Waals surface area contributed by atoms with Crippen LogP contribution in [-0.4, -0.2) is 22.4 Å². The first-order chi connectivity index (χ1) is 14.0. The minimum absolute atomic E-state index is 0.113. The molecule has 0 bridgehead atoms. The van der Waals surface area contributed by atoms with Crippen LogP contribution >= 0.6 is 23.4 Å². The number of aryl methyl sites for hydroxylation is 2. The molecule has 1 aromatic heterocycles. The van der Waals surface area contributed by atoms with Gasteiger partial charge in [-0.15, -0.1) is 11.8 Å². The zero-order chi connectivity index (χ0) is 20.8. The first-order valence-electron chi connectivity index (χ1n) is 9.34. The first-order valence-corrected chi connectivity index (χ1v) is 10.9. The number of hydrogen-bond donors (Lipinski definition) is 1. The molecule has 2 aromatic carbocycles. The van der Waals surface area contributed by atoms with Crippen LogP contribution in [0.25, 0.3) is 5.69 Å². The van der Waals surface area contributed by atoms with Crippen LogP contribution in [0.15, 0.2) is 59.7 Å². The van der Waals surface area contributed by atoms with Gasteiger partial charge < -0.3 is 4.57 Å². The average molecular weight is 426 g/mol. The maximum Gasteiger partial charge on any atom is 0.250 e. The maximum atomic E-state index is 12.0. The van der Waals surface area contributed by atoms with Crippen LogP contribution in [0.3, 0.4) is 0 Å². The van der Waals surface area contributed by atoms with E-state index in [0.717, 1.165) is 28.4 Å². The molecular formula is C23H24ClN3OS. The third kappa shape index (κ3) is 5.52. The number of nitrogens with zero attached hydrogens (tertiary/aromatic N) is 2. The fraction of sp³-hybridized carbons (Fsp3) is 0.217. The van der Waals surface area contributed by atoms with Gasteiger partial charge in [0.05, 0.1) is 22.7 Å². The van der Waals surface area contributed by atoms with Crippen molar-refractivity contribution in [3.05, 3.63) is 87.7 Å². The Kier molecular flexibility index (Phi) is 7.18. The summed E-state index contributed by atoms with van der Waals surface area (Å²) >= 11 is 7.91. The normalized spacial score (nSPS) is 11.2. The summed E-state index contributed by atoms with van der Waals surface area (Å²) in [5.41, 5.74) is 9.00. The summed E-state index contributed by atoms with van der Waals surface area (Å²) in [6.07, 6.45) is 1.68. The number of rotatable bonds is 7. The molecule has 3 aromatic rings. The second kappa shape index (κ2) is 9.81. The Morgan fingerprint density at radius 1 is 1.14 bits per heavy atom. The van der Waals surface area contributed by atoms with Crippen LogP contribution < -0.4 is 5.43 Å². The summed E-state index contributed by atoms with van der Waals surface area (Å²) < 4.78 is 2.09. The summed E-state index contributed by atoms with van der Waals surface area (Å²) in [6, 6.07) is 18.1. The molecule has 1 heterocycles. The number of carbonyl (C=O) groups excluding carboxylic acids is 1. The van der Waals surface area contributed by atoms with Crippen LogP contribution in [0.2, 0.25) is 5.02 Å². The predicted octanol–water partition coefficient (Wildman–Crippen LogP) is 5.44. The Morgan fingerprint density at radius 3 is 2.59 bits per heavy atom. The van der Waals surface area contributed by atoms with Crippen LogP contribution in [0.4, 0.5) is 0 Å². The van der Waals surface area contributed by atoms with Gasteiger partial charge in [-0.3, -0.25) is 4.79 Å². The summed E-state index contributed by atoms with van der Waals surface area (Å²) in [5.74, 6) is 1.05. The van der Waals surface area contributed by atoms with Gasteiger partial charge in [0, 0.05) is 22.7 Å². The molecule has 0 saturated carbocycles. The largest absolute Gasteiger partial charge is 0.316 e. The topological polar surface area (TPSA) is 46.4 Å². The molecule has 6 heteroatoms. The van der Waals surface area contributed by atoms with Crippen molar-refractivity contribution in [3.8, 4) is 5.69 Å². The van der Waals surface area contributed by atoms with Crippen molar-refractivity contribution in [3.63, 3.8) is 0 Å². The van der Waals surface area contributed by atoms with Crippen LogP contribution in [-0.2, 0) is 10.5 Å². The highest BCUT2D eigenvalue weighted by Gasteiger charge is 2.11. The number of hydrazone groups is 1. The maximum absolute atomic E-state index is 12.0. The molecule has 0 aliphatic carbocycles. The molecule has 0 atom stereocenters. The van der Waals surface area contributed by atoms with Gasteiger partial charge in [0.2, 0.25) is 5.91 Å². The average Bonchev–Trinajstić information content (AvgIpc) is 2.97. The zero-order valence-corrected chi connectivity index (χ0v) is 18.3. The number of aromatic nitrogens is 1. The number of halogens is 1. The van der Waals surface area contributed by atoms with Gasteiger partial charge in [-0.1, -0.05) is 53.6 Å². The molecule has 0 spiro atoms. The van der Waals surface area contributed by atoms with Gasteiger partial charge in [-0.2, -0.15) is 5.10 Å². The van der Waals surface area contributed by atoms with E-state index in [1.807, 2.05) is 44.2 Å². The van der Waals surface area contributed by atoms with Crippen LogP contribution in [0.1, 0.15) is 28.1 Å². The van der Waals surface area contributed by atoms with Crippen molar-refractivity contribution in [2.24, 2.45) is 5.10 Å². The molecule has 0 fully saturated rings. The summed E-state index contributed by atoms with van der Waals surface area (Å²) in [4.78, 5) is 12.0. The van der Waals surface area contributed by atoms with Crippen molar-refractivity contribution in [2.45, 2.75) is 26.5 Å². The van der Waals surface area contributed by atoms with Gasteiger partial charge in [-0.25, -0.2) is 5.43 Å². The smallest absolute Gasteiger partial charge is 0.250 e. The molecule has 0 unspecified atom stereocenters. The number of hydrogen-bond acceptors (Lipinski definition) is 3. The lowest BCUT2D eigenvalue weighted by Gasteiger charge is -2.11. The Hall–Kier alpha value is -2.50. The second-order valence-electron chi connectivity index (χ2n) is 6.88. The molecule has 1 N–H and O–H groups in total. The lowest BCUT2D eigenvalue weighted by molar-refractivity contribution is -0.118. The molecule has 150 valence electrons. The quantitative estimate of drug-likeness (QED) is 0.404. The lowest BCUT2D eigenvalue weighted by Crippen LogP contribution is -2.19. The van der Waals surface area contributed by atoms with Crippen molar-refractivity contribution in [2.75, 3.05) is 5.75 Å². The van der Waals surface area contributed by atoms with Crippen LogP contribution in [0.5, 0.6) is 0 Å². The Bertz CT molecular complexity index is 1030. The molecule has 29 heavy (non-hydrogen) atoms. The Balaban J connectivity index is 1.56. The highest BCUT2D eigenvalue weighted by Crippen LogP contribution is 2.25. The SMILES string of the molecule is Cc1ccc(CSCC(=O)N/N=C\c2cc(C)n(-c3ccccc3Cl)c2C)cc1. The summed E-state index contributed by atoms with van der Waals surface area (Å²) in [5, 5.41) is 4.82. The van der Waals surface area contributed by atoms with Crippen molar-refractivity contribution in [1.82, 2.24) is 9.99 Å². The fourth-order valence-electron chi connectivity index (χ4n) is 3.07. The standard InChI is InChI=1S/C23H24ClN3OS/c1-16-8-10-19(11-9-16)14-29-15-23(28)26-25-13-20-12-17(2)27(18(20)3)22-7-5-4-6-21(22)24/h4-13H,14-15H2,1-3H3,(H,26,28)/b25-13-. The molecule has 0 radical (unpaired) electrons. The molecule has 4 nitrogen and oxygen atoms in total. The first kappa shape index (κ1) is 21.2. The van der Waals surface area contributed by atoms with Gasteiger partial charge in [0.25, 0.3) is 0 Å². The molecule has 0 aliphatic heterocycles. The highest BCUT2D eigenvalue weighted by atomic mass is 35.5. The van der Waals surface area contributed by atoms with Crippen molar-refractivity contribution < 1.29 is 4.79 Å². The van der Waals surface area contributed by atoms with E-state index < -0.39 is 0 Å². The summed E-state index contributed by atoms with van der Waals surface area (Å²) in [6.45, 7) is 6.10. The van der Waals surface area contributed by atoms with E-state index in [-0.39, 0.29) is 5.91 Å². The monoisotopic (exact) mass is 425 g/mol. The summed E-state index contributed by atoms with van der Waals surface area (Å²) in [7, 11) is 0. The number of para-hydroxylation sites is 1. The van der Waals surface area contributed by atoms with Crippen molar-refractivity contribution in [1.29, 1.82) is 0 Å². The van der Waals surface area contributed by atoms with E-state index >= 15 is 0 Å². The van der Waals surface area contributed by atoms with E-state index in [1.165, 1.54) is 11.1 Å².